The molecular weight excluding hydrogens is 424 g/mol. The topological polar surface area (TPSA) is 64.2 Å². The zero-order valence-corrected chi connectivity index (χ0v) is 19.7. The van der Waals surface area contributed by atoms with Gasteiger partial charge in [0.1, 0.15) is 0 Å². The molecule has 2 aromatic rings. The largest absolute Gasteiger partial charge is 0.368 e. The number of hydrogen-bond acceptors (Lipinski definition) is 5. The van der Waals surface area contributed by atoms with Crippen LogP contribution >= 0.6 is 0 Å². The van der Waals surface area contributed by atoms with Crippen LogP contribution in [0.25, 0.3) is 0 Å². The summed E-state index contributed by atoms with van der Waals surface area (Å²) in [4.78, 5) is 19.5. The summed E-state index contributed by atoms with van der Waals surface area (Å²) >= 11 is 0. The quantitative estimate of drug-likeness (QED) is 0.688. The zero-order chi connectivity index (χ0) is 22.7. The number of hydrogen-bond donors (Lipinski definition) is 0. The van der Waals surface area contributed by atoms with E-state index in [1.165, 1.54) is 15.6 Å². The molecule has 0 spiro atoms. The molecule has 0 aromatic heterocycles. The van der Waals surface area contributed by atoms with Crippen molar-refractivity contribution in [1.82, 2.24) is 14.1 Å². The van der Waals surface area contributed by atoms with Crippen LogP contribution in [0, 0.1) is 13.8 Å². The number of rotatable bonds is 5. The van der Waals surface area contributed by atoms with Gasteiger partial charge in [0.25, 0.3) is 0 Å². The molecule has 0 saturated carbocycles. The molecule has 0 bridgehead atoms. The van der Waals surface area contributed by atoms with Gasteiger partial charge in [0, 0.05) is 58.0 Å². The van der Waals surface area contributed by atoms with Crippen LogP contribution in [0.15, 0.2) is 53.4 Å². The lowest BCUT2D eigenvalue weighted by molar-refractivity contribution is -0.133. The molecule has 2 aliphatic rings. The molecule has 2 fully saturated rings. The number of anilines is 1. The third kappa shape index (κ3) is 4.98. The van der Waals surface area contributed by atoms with Gasteiger partial charge in [0.2, 0.25) is 15.9 Å². The van der Waals surface area contributed by atoms with Gasteiger partial charge >= 0.3 is 0 Å². The van der Waals surface area contributed by atoms with Crippen molar-refractivity contribution >= 4 is 21.6 Å². The average molecular weight is 457 g/mol. The van der Waals surface area contributed by atoms with Gasteiger partial charge in [-0.05, 0) is 37.6 Å². The molecule has 2 aromatic carbocycles. The second-order valence-electron chi connectivity index (χ2n) is 8.65. The smallest absolute Gasteiger partial charge is 0.243 e. The first-order valence-corrected chi connectivity index (χ1v) is 12.7. The van der Waals surface area contributed by atoms with Crippen molar-refractivity contribution in [2.75, 3.05) is 63.8 Å². The minimum atomic E-state index is -3.48. The maximum atomic E-state index is 12.9. The van der Waals surface area contributed by atoms with Gasteiger partial charge in [-0.2, -0.15) is 4.31 Å². The summed E-state index contributed by atoms with van der Waals surface area (Å²) in [6.45, 7) is 9.46. The van der Waals surface area contributed by atoms with Gasteiger partial charge in [-0.1, -0.05) is 35.9 Å². The van der Waals surface area contributed by atoms with E-state index in [-0.39, 0.29) is 5.91 Å². The molecule has 0 N–H and O–H groups in total. The highest BCUT2D eigenvalue weighted by Gasteiger charge is 2.30. The fourth-order valence-electron chi connectivity index (χ4n) is 4.39. The van der Waals surface area contributed by atoms with Crippen molar-refractivity contribution in [3.63, 3.8) is 0 Å². The predicted octanol–water partition coefficient (Wildman–Crippen LogP) is 1.96. The lowest BCUT2D eigenvalue weighted by Gasteiger charge is -2.38. The number of para-hydroxylation sites is 1. The average Bonchev–Trinajstić information content (AvgIpc) is 2.80. The SMILES string of the molecule is Cc1ccc(S(=O)(=O)N2CCN(CC(=O)N3CCN(c4ccccc4C)CC3)CC2)cc1. The summed E-state index contributed by atoms with van der Waals surface area (Å²) < 4.78 is 27.3. The summed E-state index contributed by atoms with van der Waals surface area (Å²) in [5.74, 6) is 0.129. The molecule has 172 valence electrons. The van der Waals surface area contributed by atoms with Crippen LogP contribution in [-0.4, -0.2) is 87.3 Å². The number of carbonyl (C=O) groups is 1. The van der Waals surface area contributed by atoms with Crippen LogP contribution in [0.5, 0.6) is 0 Å². The Morgan fingerprint density at radius 3 is 2.06 bits per heavy atom. The van der Waals surface area contributed by atoms with E-state index in [0.717, 1.165) is 31.7 Å². The van der Waals surface area contributed by atoms with Gasteiger partial charge in [0.05, 0.1) is 11.4 Å². The maximum Gasteiger partial charge on any atom is 0.243 e. The van der Waals surface area contributed by atoms with Crippen LogP contribution in [0.1, 0.15) is 11.1 Å². The lowest BCUT2D eigenvalue weighted by atomic mass is 10.1. The van der Waals surface area contributed by atoms with E-state index in [1.807, 2.05) is 30.0 Å². The number of nitrogens with zero attached hydrogens (tertiary/aromatic N) is 4. The van der Waals surface area contributed by atoms with Crippen LogP contribution < -0.4 is 4.90 Å². The first-order chi connectivity index (χ1) is 15.3. The highest BCUT2D eigenvalue weighted by atomic mass is 32.2. The first-order valence-electron chi connectivity index (χ1n) is 11.2. The number of piperazine rings is 2. The van der Waals surface area contributed by atoms with Crippen LogP contribution in [0.2, 0.25) is 0 Å². The number of carbonyl (C=O) groups excluding carboxylic acids is 1. The summed E-state index contributed by atoms with van der Waals surface area (Å²) in [6, 6.07) is 15.3. The van der Waals surface area contributed by atoms with Crippen molar-refractivity contribution in [1.29, 1.82) is 0 Å². The number of amides is 1. The summed E-state index contributed by atoms with van der Waals surface area (Å²) in [6.07, 6.45) is 0. The fourth-order valence-corrected chi connectivity index (χ4v) is 5.82. The van der Waals surface area contributed by atoms with Gasteiger partial charge in [-0.3, -0.25) is 9.69 Å². The molecule has 0 aliphatic carbocycles. The van der Waals surface area contributed by atoms with Gasteiger partial charge < -0.3 is 9.80 Å². The van der Waals surface area contributed by atoms with Crippen molar-refractivity contribution < 1.29 is 13.2 Å². The monoisotopic (exact) mass is 456 g/mol. The molecule has 1 amide bonds. The third-order valence-corrected chi connectivity index (χ3v) is 8.35. The van der Waals surface area contributed by atoms with E-state index in [1.54, 1.807) is 12.1 Å². The highest BCUT2D eigenvalue weighted by molar-refractivity contribution is 7.89. The fraction of sp³-hybridized carbons (Fsp3) is 0.458. The normalized spacial score (nSPS) is 18.7. The van der Waals surface area contributed by atoms with Crippen LogP contribution in [0.3, 0.4) is 0 Å². The Hall–Kier alpha value is -2.42. The minimum Gasteiger partial charge on any atom is -0.368 e. The van der Waals surface area contributed by atoms with E-state index < -0.39 is 10.0 Å². The summed E-state index contributed by atoms with van der Waals surface area (Å²) in [5.41, 5.74) is 3.53. The first kappa shape index (κ1) is 22.8. The Morgan fingerprint density at radius 1 is 0.812 bits per heavy atom. The Labute approximate surface area is 191 Å². The second-order valence-corrected chi connectivity index (χ2v) is 10.6. The molecule has 2 saturated heterocycles. The molecule has 2 heterocycles. The van der Waals surface area contributed by atoms with Gasteiger partial charge in [0.15, 0.2) is 0 Å². The zero-order valence-electron chi connectivity index (χ0n) is 18.9. The van der Waals surface area contributed by atoms with E-state index in [0.29, 0.717) is 37.6 Å². The molecule has 32 heavy (non-hydrogen) atoms. The van der Waals surface area contributed by atoms with Crippen molar-refractivity contribution in [3.8, 4) is 0 Å². The third-order valence-electron chi connectivity index (χ3n) is 6.44. The Balaban J connectivity index is 1.26. The molecule has 4 rings (SSSR count). The Kier molecular flexibility index (Phi) is 6.83. The molecular formula is C24H32N4O3S. The van der Waals surface area contributed by atoms with Crippen molar-refractivity contribution in [2.24, 2.45) is 0 Å². The maximum absolute atomic E-state index is 12.9. The summed E-state index contributed by atoms with van der Waals surface area (Å²) in [5, 5.41) is 0. The van der Waals surface area contributed by atoms with Crippen LogP contribution in [0.4, 0.5) is 5.69 Å². The predicted molar refractivity (Wildman–Crippen MR) is 126 cm³/mol. The molecule has 0 radical (unpaired) electrons. The van der Waals surface area contributed by atoms with E-state index >= 15 is 0 Å². The van der Waals surface area contributed by atoms with E-state index in [9.17, 15) is 13.2 Å². The van der Waals surface area contributed by atoms with E-state index in [2.05, 4.69) is 34.9 Å². The second kappa shape index (κ2) is 9.60. The van der Waals surface area contributed by atoms with E-state index in [4.69, 9.17) is 0 Å². The Bertz CT molecular complexity index is 1040. The summed E-state index contributed by atoms with van der Waals surface area (Å²) in [7, 11) is -3.48. The molecule has 8 heteroatoms. The highest BCUT2D eigenvalue weighted by Crippen LogP contribution is 2.21. The lowest BCUT2D eigenvalue weighted by Crippen LogP contribution is -2.54. The minimum absolute atomic E-state index is 0.129. The Morgan fingerprint density at radius 2 is 1.44 bits per heavy atom. The molecule has 2 aliphatic heterocycles. The van der Waals surface area contributed by atoms with Crippen molar-refractivity contribution in [2.45, 2.75) is 18.7 Å². The standard InChI is InChI=1S/C24H32N4O3S/c1-20-7-9-22(10-8-20)32(30,31)28-17-11-25(12-18-28)19-24(29)27-15-13-26(14-16-27)23-6-4-3-5-21(23)2/h3-10H,11-19H2,1-2H3. The molecule has 7 nitrogen and oxygen atoms in total. The molecule has 0 atom stereocenters. The number of benzene rings is 2. The number of aryl methyl sites for hydroxylation is 2. The van der Waals surface area contributed by atoms with Crippen LogP contribution in [-0.2, 0) is 14.8 Å². The van der Waals surface area contributed by atoms with Crippen molar-refractivity contribution in [3.05, 3.63) is 59.7 Å². The number of sulfonamides is 1. The van der Waals surface area contributed by atoms with Gasteiger partial charge in [-0.25, -0.2) is 8.42 Å². The molecule has 0 unspecified atom stereocenters. The van der Waals surface area contributed by atoms with Gasteiger partial charge in [-0.15, -0.1) is 0 Å².